The normalized spacial score (nSPS) is 19.6. The molecule has 0 amide bonds. The third-order valence-electron chi connectivity index (χ3n) is 3.17. The van der Waals surface area contributed by atoms with Crippen LogP contribution in [-0.4, -0.2) is 19.7 Å². The molecule has 1 saturated heterocycles. The highest BCUT2D eigenvalue weighted by Crippen LogP contribution is 2.27. The summed E-state index contributed by atoms with van der Waals surface area (Å²) in [5.41, 5.74) is 1.12. The highest BCUT2D eigenvalue weighted by Gasteiger charge is 2.19. The van der Waals surface area contributed by atoms with Gasteiger partial charge in [0, 0.05) is 6.04 Å². The van der Waals surface area contributed by atoms with E-state index in [1.54, 1.807) is 6.07 Å². The minimum absolute atomic E-state index is 0.246. The summed E-state index contributed by atoms with van der Waals surface area (Å²) in [5.74, 6) is -0.230. The van der Waals surface area contributed by atoms with Crippen LogP contribution in [0.25, 0.3) is 0 Å². The van der Waals surface area contributed by atoms with E-state index in [4.69, 9.17) is 4.74 Å². The van der Waals surface area contributed by atoms with Crippen LogP contribution in [0.4, 0.5) is 8.78 Å². The zero-order valence-electron chi connectivity index (χ0n) is 9.93. The molecule has 1 atom stereocenters. The molecule has 1 unspecified atom stereocenters. The third kappa shape index (κ3) is 2.75. The van der Waals surface area contributed by atoms with Crippen molar-refractivity contribution in [3.63, 3.8) is 0 Å². The zero-order chi connectivity index (χ0) is 12.3. The Hall–Kier alpha value is -1.16. The van der Waals surface area contributed by atoms with E-state index >= 15 is 0 Å². The van der Waals surface area contributed by atoms with Crippen molar-refractivity contribution in [2.75, 3.05) is 13.7 Å². The Morgan fingerprint density at radius 2 is 2.29 bits per heavy atom. The first-order chi connectivity index (χ1) is 8.24. The van der Waals surface area contributed by atoms with Crippen LogP contribution in [0.3, 0.4) is 0 Å². The highest BCUT2D eigenvalue weighted by atomic mass is 19.1. The Kier molecular flexibility index (Phi) is 3.94. The molecule has 0 bridgehead atoms. The molecule has 1 heterocycles. The Morgan fingerprint density at radius 3 is 2.88 bits per heavy atom. The topological polar surface area (TPSA) is 21.3 Å². The van der Waals surface area contributed by atoms with E-state index in [1.165, 1.54) is 13.2 Å². The lowest BCUT2D eigenvalue weighted by Crippen LogP contribution is -2.24. The number of rotatable bonds is 4. The summed E-state index contributed by atoms with van der Waals surface area (Å²) in [4.78, 5) is 0. The smallest absolute Gasteiger partial charge is 0.165 e. The average molecular weight is 241 g/mol. The molecule has 1 aromatic rings. The number of alkyl halides is 1. The molecule has 0 radical (unpaired) electrons. The molecule has 0 aliphatic carbocycles. The number of hydrogen-bond donors (Lipinski definition) is 1. The van der Waals surface area contributed by atoms with Crippen LogP contribution < -0.4 is 10.1 Å². The van der Waals surface area contributed by atoms with Gasteiger partial charge in [0.15, 0.2) is 11.6 Å². The van der Waals surface area contributed by atoms with Gasteiger partial charge in [0.1, 0.15) is 6.67 Å². The fraction of sp³-hybridized carbons (Fsp3) is 0.538. The van der Waals surface area contributed by atoms with Crippen molar-refractivity contribution in [1.29, 1.82) is 0 Å². The second kappa shape index (κ2) is 5.45. The maximum atomic E-state index is 13.7. The molecule has 0 aromatic heterocycles. The first-order valence-corrected chi connectivity index (χ1v) is 5.89. The van der Waals surface area contributed by atoms with E-state index in [9.17, 15) is 8.78 Å². The van der Waals surface area contributed by atoms with Crippen molar-refractivity contribution in [3.8, 4) is 5.75 Å². The number of hydrogen-bond acceptors (Lipinski definition) is 2. The summed E-state index contributed by atoms with van der Waals surface area (Å²) in [6, 6.07) is 3.24. The number of nitrogens with one attached hydrogen (secondary N) is 1. The van der Waals surface area contributed by atoms with Crippen molar-refractivity contribution in [3.05, 3.63) is 29.1 Å². The first-order valence-electron chi connectivity index (χ1n) is 5.89. The number of methoxy groups -OCH3 is 1. The molecular weight excluding hydrogens is 224 g/mol. The van der Waals surface area contributed by atoms with Crippen LogP contribution in [0, 0.1) is 5.82 Å². The number of ether oxygens (including phenoxy) is 1. The molecule has 1 aliphatic rings. The van der Waals surface area contributed by atoms with Gasteiger partial charge in [-0.15, -0.1) is 0 Å². The van der Waals surface area contributed by atoms with Crippen LogP contribution in [0.5, 0.6) is 5.75 Å². The van der Waals surface area contributed by atoms with Crippen molar-refractivity contribution in [2.45, 2.75) is 32.0 Å². The maximum Gasteiger partial charge on any atom is 0.165 e. The van der Waals surface area contributed by atoms with Gasteiger partial charge in [-0.05, 0) is 49.1 Å². The van der Waals surface area contributed by atoms with E-state index in [1.807, 2.05) is 0 Å². The van der Waals surface area contributed by atoms with Crippen LogP contribution in [0.1, 0.15) is 24.0 Å². The van der Waals surface area contributed by atoms with Crippen molar-refractivity contribution in [1.82, 2.24) is 5.32 Å². The average Bonchev–Trinajstić information content (AvgIpc) is 2.81. The van der Waals surface area contributed by atoms with Crippen molar-refractivity contribution >= 4 is 0 Å². The molecular formula is C13H17F2NO. The van der Waals surface area contributed by atoms with Crippen LogP contribution in [-0.2, 0) is 13.1 Å². The summed E-state index contributed by atoms with van der Waals surface area (Å²) < 4.78 is 31.3. The summed E-state index contributed by atoms with van der Waals surface area (Å²) in [6.07, 6.45) is 2.90. The number of halogens is 2. The number of benzene rings is 1. The standard InChI is InChI=1S/C13H17F2NO/c1-17-13-10(7-11-3-2-4-16-11)5-9(8-14)6-12(13)15/h5-6,11,16H,2-4,7-8H2,1H3. The minimum Gasteiger partial charge on any atom is -0.493 e. The van der Waals surface area contributed by atoms with Gasteiger partial charge in [-0.2, -0.15) is 0 Å². The SMILES string of the molecule is COc1c(F)cc(CF)cc1CC1CCCN1. The maximum absolute atomic E-state index is 13.7. The zero-order valence-corrected chi connectivity index (χ0v) is 9.93. The Morgan fingerprint density at radius 1 is 1.47 bits per heavy atom. The fourth-order valence-electron chi connectivity index (χ4n) is 2.37. The fourth-order valence-corrected chi connectivity index (χ4v) is 2.37. The summed E-state index contributed by atoms with van der Waals surface area (Å²) in [5, 5.41) is 3.34. The van der Waals surface area contributed by atoms with Gasteiger partial charge in [-0.25, -0.2) is 8.78 Å². The van der Waals surface area contributed by atoms with Gasteiger partial charge in [-0.3, -0.25) is 0 Å². The molecule has 2 nitrogen and oxygen atoms in total. The minimum atomic E-state index is -0.647. The third-order valence-corrected chi connectivity index (χ3v) is 3.17. The second-order valence-corrected chi connectivity index (χ2v) is 4.40. The quantitative estimate of drug-likeness (QED) is 0.874. The predicted octanol–water partition coefficient (Wildman–Crippen LogP) is 2.60. The Labute approximate surface area is 100.0 Å². The van der Waals surface area contributed by atoms with Crippen molar-refractivity contribution < 1.29 is 13.5 Å². The van der Waals surface area contributed by atoms with Gasteiger partial charge >= 0.3 is 0 Å². The molecule has 17 heavy (non-hydrogen) atoms. The van der Waals surface area contributed by atoms with Gasteiger partial charge in [0.2, 0.25) is 0 Å². The van der Waals surface area contributed by atoms with Gasteiger partial charge in [0.05, 0.1) is 7.11 Å². The van der Waals surface area contributed by atoms with E-state index in [0.717, 1.165) is 24.9 Å². The van der Waals surface area contributed by atoms with E-state index in [-0.39, 0.29) is 5.75 Å². The van der Waals surface area contributed by atoms with Gasteiger partial charge in [-0.1, -0.05) is 0 Å². The summed E-state index contributed by atoms with van der Waals surface area (Å²) >= 11 is 0. The van der Waals surface area contributed by atoms with E-state index in [2.05, 4.69) is 5.32 Å². The lowest BCUT2D eigenvalue weighted by atomic mass is 10.0. The molecule has 1 aliphatic heterocycles. The monoisotopic (exact) mass is 241 g/mol. The largest absolute Gasteiger partial charge is 0.493 e. The Bertz CT molecular complexity index is 389. The van der Waals surface area contributed by atoms with Crippen LogP contribution in [0.15, 0.2) is 12.1 Å². The molecule has 94 valence electrons. The molecule has 4 heteroatoms. The van der Waals surface area contributed by atoms with Crippen molar-refractivity contribution in [2.24, 2.45) is 0 Å². The van der Waals surface area contributed by atoms with E-state index in [0.29, 0.717) is 18.0 Å². The highest BCUT2D eigenvalue weighted by molar-refractivity contribution is 5.39. The van der Waals surface area contributed by atoms with Gasteiger partial charge in [0.25, 0.3) is 0 Å². The molecule has 1 N–H and O–H groups in total. The van der Waals surface area contributed by atoms with Crippen LogP contribution in [0.2, 0.25) is 0 Å². The molecule has 2 rings (SSSR count). The molecule has 0 spiro atoms. The van der Waals surface area contributed by atoms with E-state index < -0.39 is 12.5 Å². The lowest BCUT2D eigenvalue weighted by Gasteiger charge is -2.15. The second-order valence-electron chi connectivity index (χ2n) is 4.40. The Balaban J connectivity index is 2.25. The predicted molar refractivity (Wildman–Crippen MR) is 62.5 cm³/mol. The molecule has 1 fully saturated rings. The molecule has 0 saturated carbocycles. The van der Waals surface area contributed by atoms with Gasteiger partial charge < -0.3 is 10.1 Å². The summed E-state index contributed by atoms with van der Waals surface area (Å²) in [6.45, 7) is 0.351. The first kappa shape index (κ1) is 12.3. The lowest BCUT2D eigenvalue weighted by molar-refractivity contribution is 0.377. The molecule has 1 aromatic carbocycles. The summed E-state index contributed by atoms with van der Waals surface area (Å²) in [7, 11) is 1.44. The van der Waals surface area contributed by atoms with Crippen LogP contribution >= 0.6 is 0 Å².